The number of rotatable bonds is 6. The SMILES string of the molecule is C[C@@H](CCCO)C(=O)OCc1ccccc1. The second kappa shape index (κ2) is 7.01. The third-order valence-corrected chi connectivity index (χ3v) is 2.42. The maximum atomic E-state index is 11.5. The molecule has 88 valence electrons. The highest BCUT2D eigenvalue weighted by Crippen LogP contribution is 2.09. The minimum atomic E-state index is -0.197. The second-order valence-electron chi connectivity index (χ2n) is 3.86. The van der Waals surface area contributed by atoms with Gasteiger partial charge in [-0.05, 0) is 18.4 Å². The van der Waals surface area contributed by atoms with E-state index in [9.17, 15) is 4.79 Å². The van der Waals surface area contributed by atoms with Crippen molar-refractivity contribution >= 4 is 5.97 Å². The minimum Gasteiger partial charge on any atom is -0.461 e. The standard InChI is InChI=1S/C13H18O3/c1-11(6-5-9-14)13(15)16-10-12-7-3-2-4-8-12/h2-4,7-8,11,14H,5-6,9-10H2,1H3/t11-/m0/s1. The van der Waals surface area contributed by atoms with E-state index in [4.69, 9.17) is 9.84 Å². The van der Waals surface area contributed by atoms with Crippen molar-refractivity contribution in [1.29, 1.82) is 0 Å². The number of carbonyl (C=O) groups excluding carboxylic acids is 1. The van der Waals surface area contributed by atoms with Crippen LogP contribution in [0.25, 0.3) is 0 Å². The Labute approximate surface area is 96.1 Å². The number of carbonyl (C=O) groups is 1. The first kappa shape index (κ1) is 12.7. The van der Waals surface area contributed by atoms with E-state index in [2.05, 4.69) is 0 Å². The van der Waals surface area contributed by atoms with Crippen molar-refractivity contribution in [2.75, 3.05) is 6.61 Å². The molecule has 16 heavy (non-hydrogen) atoms. The molecule has 0 aliphatic carbocycles. The van der Waals surface area contributed by atoms with Crippen molar-refractivity contribution in [2.24, 2.45) is 5.92 Å². The van der Waals surface area contributed by atoms with Crippen LogP contribution in [0.1, 0.15) is 25.3 Å². The molecular weight excluding hydrogens is 204 g/mol. The summed E-state index contributed by atoms with van der Waals surface area (Å²) in [5, 5.41) is 8.65. The molecule has 3 heteroatoms. The minimum absolute atomic E-state index is 0.121. The summed E-state index contributed by atoms with van der Waals surface area (Å²) < 4.78 is 5.17. The van der Waals surface area contributed by atoms with Gasteiger partial charge in [0.25, 0.3) is 0 Å². The Hall–Kier alpha value is -1.35. The van der Waals surface area contributed by atoms with Gasteiger partial charge in [-0.25, -0.2) is 0 Å². The molecule has 1 atom stereocenters. The normalized spacial score (nSPS) is 12.1. The summed E-state index contributed by atoms with van der Waals surface area (Å²) >= 11 is 0. The van der Waals surface area contributed by atoms with Gasteiger partial charge in [0.1, 0.15) is 6.61 Å². The molecule has 0 saturated carbocycles. The highest BCUT2D eigenvalue weighted by Gasteiger charge is 2.13. The van der Waals surface area contributed by atoms with Crippen molar-refractivity contribution in [3.63, 3.8) is 0 Å². The van der Waals surface area contributed by atoms with Crippen molar-refractivity contribution < 1.29 is 14.6 Å². The van der Waals surface area contributed by atoms with E-state index < -0.39 is 0 Å². The van der Waals surface area contributed by atoms with E-state index in [0.29, 0.717) is 19.4 Å². The summed E-state index contributed by atoms with van der Waals surface area (Å²) in [6, 6.07) is 9.60. The van der Waals surface area contributed by atoms with Crippen LogP contribution in [0, 0.1) is 5.92 Å². The number of hydrogen-bond acceptors (Lipinski definition) is 3. The first-order valence-corrected chi connectivity index (χ1v) is 5.55. The summed E-state index contributed by atoms with van der Waals surface area (Å²) in [5.74, 6) is -0.340. The number of aliphatic hydroxyl groups is 1. The molecule has 0 radical (unpaired) electrons. The molecule has 0 bridgehead atoms. The van der Waals surface area contributed by atoms with Crippen LogP contribution in [-0.4, -0.2) is 17.7 Å². The molecule has 0 unspecified atom stereocenters. The predicted molar refractivity (Wildman–Crippen MR) is 61.7 cm³/mol. The van der Waals surface area contributed by atoms with Gasteiger partial charge in [-0.15, -0.1) is 0 Å². The average Bonchev–Trinajstić information content (AvgIpc) is 2.34. The van der Waals surface area contributed by atoms with Gasteiger partial charge in [0.05, 0.1) is 5.92 Å². The number of aliphatic hydroxyl groups excluding tert-OH is 1. The second-order valence-corrected chi connectivity index (χ2v) is 3.86. The molecule has 0 fully saturated rings. The molecule has 0 amide bonds. The molecule has 1 rings (SSSR count). The van der Waals surface area contributed by atoms with Gasteiger partial charge in [-0.1, -0.05) is 37.3 Å². The van der Waals surface area contributed by atoms with E-state index in [1.807, 2.05) is 37.3 Å². The zero-order chi connectivity index (χ0) is 11.8. The quantitative estimate of drug-likeness (QED) is 0.750. The van der Waals surface area contributed by atoms with Crippen molar-refractivity contribution in [1.82, 2.24) is 0 Å². The monoisotopic (exact) mass is 222 g/mol. The molecule has 3 nitrogen and oxygen atoms in total. The lowest BCUT2D eigenvalue weighted by Crippen LogP contribution is -2.15. The first-order chi connectivity index (χ1) is 7.74. The van der Waals surface area contributed by atoms with Crippen LogP contribution < -0.4 is 0 Å². The zero-order valence-corrected chi connectivity index (χ0v) is 9.56. The molecule has 0 spiro atoms. The molecule has 0 saturated heterocycles. The Morgan fingerprint density at radius 3 is 2.69 bits per heavy atom. The van der Waals surface area contributed by atoms with E-state index in [1.54, 1.807) is 0 Å². The molecule has 0 aromatic heterocycles. The number of esters is 1. The Morgan fingerprint density at radius 1 is 1.38 bits per heavy atom. The Kier molecular flexibility index (Phi) is 5.57. The number of hydrogen-bond donors (Lipinski definition) is 1. The molecule has 0 aliphatic heterocycles. The Balaban J connectivity index is 2.29. The predicted octanol–water partition coefficient (Wildman–Crippen LogP) is 2.14. The van der Waals surface area contributed by atoms with Gasteiger partial charge < -0.3 is 9.84 Å². The zero-order valence-electron chi connectivity index (χ0n) is 9.56. The lowest BCUT2D eigenvalue weighted by molar-refractivity contribution is -0.149. The van der Waals surface area contributed by atoms with E-state index in [1.165, 1.54) is 0 Å². The third kappa shape index (κ3) is 4.45. The number of ether oxygens (including phenoxy) is 1. The molecular formula is C13H18O3. The van der Waals surface area contributed by atoms with Gasteiger partial charge in [0.15, 0.2) is 0 Å². The summed E-state index contributed by atoms with van der Waals surface area (Å²) in [7, 11) is 0. The van der Waals surface area contributed by atoms with Crippen LogP contribution in [0.3, 0.4) is 0 Å². The van der Waals surface area contributed by atoms with Crippen LogP contribution in [0.2, 0.25) is 0 Å². The summed E-state index contributed by atoms with van der Waals surface area (Å²) in [6.07, 6.45) is 1.31. The van der Waals surface area contributed by atoms with Gasteiger partial charge in [0.2, 0.25) is 0 Å². The summed E-state index contributed by atoms with van der Waals surface area (Å²) in [4.78, 5) is 11.5. The van der Waals surface area contributed by atoms with Gasteiger partial charge in [0, 0.05) is 6.61 Å². The van der Waals surface area contributed by atoms with E-state index >= 15 is 0 Å². The van der Waals surface area contributed by atoms with Crippen molar-refractivity contribution in [2.45, 2.75) is 26.4 Å². The molecule has 1 aromatic carbocycles. The van der Waals surface area contributed by atoms with E-state index in [0.717, 1.165) is 5.56 Å². The van der Waals surface area contributed by atoms with Gasteiger partial charge in [-0.2, -0.15) is 0 Å². The Morgan fingerprint density at radius 2 is 2.06 bits per heavy atom. The highest BCUT2D eigenvalue weighted by molar-refractivity contribution is 5.71. The smallest absolute Gasteiger partial charge is 0.308 e. The van der Waals surface area contributed by atoms with Crippen LogP contribution in [0.5, 0.6) is 0 Å². The molecule has 0 aliphatic rings. The van der Waals surface area contributed by atoms with Crippen molar-refractivity contribution in [3.05, 3.63) is 35.9 Å². The van der Waals surface area contributed by atoms with Crippen LogP contribution in [0.15, 0.2) is 30.3 Å². The largest absolute Gasteiger partial charge is 0.461 e. The fourth-order valence-electron chi connectivity index (χ4n) is 1.39. The fraction of sp³-hybridized carbons (Fsp3) is 0.462. The molecule has 1 aromatic rings. The fourth-order valence-corrected chi connectivity index (χ4v) is 1.39. The maximum absolute atomic E-state index is 11.5. The average molecular weight is 222 g/mol. The summed E-state index contributed by atoms with van der Waals surface area (Å²) in [5.41, 5.74) is 0.991. The van der Waals surface area contributed by atoms with Crippen LogP contribution in [0.4, 0.5) is 0 Å². The topological polar surface area (TPSA) is 46.5 Å². The number of benzene rings is 1. The maximum Gasteiger partial charge on any atom is 0.308 e. The highest BCUT2D eigenvalue weighted by atomic mass is 16.5. The van der Waals surface area contributed by atoms with Crippen LogP contribution in [-0.2, 0) is 16.1 Å². The third-order valence-electron chi connectivity index (χ3n) is 2.42. The lowest BCUT2D eigenvalue weighted by Gasteiger charge is -2.10. The van der Waals surface area contributed by atoms with Crippen LogP contribution >= 0.6 is 0 Å². The van der Waals surface area contributed by atoms with E-state index in [-0.39, 0.29) is 18.5 Å². The summed E-state index contributed by atoms with van der Waals surface area (Å²) in [6.45, 7) is 2.27. The Bertz CT molecular complexity index is 308. The molecule has 1 N–H and O–H groups in total. The molecule has 0 heterocycles. The first-order valence-electron chi connectivity index (χ1n) is 5.55. The van der Waals surface area contributed by atoms with Crippen molar-refractivity contribution in [3.8, 4) is 0 Å². The van der Waals surface area contributed by atoms with Gasteiger partial charge in [-0.3, -0.25) is 4.79 Å². The van der Waals surface area contributed by atoms with Gasteiger partial charge >= 0.3 is 5.97 Å². The lowest BCUT2D eigenvalue weighted by atomic mass is 10.1.